The van der Waals surface area contributed by atoms with Crippen molar-refractivity contribution in [1.29, 1.82) is 0 Å². The summed E-state index contributed by atoms with van der Waals surface area (Å²) in [5, 5.41) is 13.4. The predicted molar refractivity (Wildman–Crippen MR) is 78.6 cm³/mol. The summed E-state index contributed by atoms with van der Waals surface area (Å²) >= 11 is 0. The lowest BCUT2D eigenvalue weighted by molar-refractivity contribution is -0.385. The van der Waals surface area contributed by atoms with Crippen LogP contribution in [-0.4, -0.2) is 37.7 Å². The molecule has 0 heterocycles. The first-order chi connectivity index (χ1) is 9.49. The summed E-state index contributed by atoms with van der Waals surface area (Å²) in [7, 11) is 2.80. The van der Waals surface area contributed by atoms with Crippen molar-refractivity contribution in [2.45, 2.75) is 12.6 Å². The second-order valence-electron chi connectivity index (χ2n) is 4.04. The Morgan fingerprint density at radius 3 is 2.67 bits per heavy atom. The highest BCUT2D eigenvalue weighted by molar-refractivity contribution is 5.85. The zero-order chi connectivity index (χ0) is 15.1. The number of benzene rings is 1. The maximum absolute atomic E-state index is 11.6. The van der Waals surface area contributed by atoms with Gasteiger partial charge in [-0.05, 0) is 11.6 Å². The summed E-state index contributed by atoms with van der Waals surface area (Å²) in [5.41, 5.74) is 5.98. The normalized spacial score (nSPS) is 11.2. The van der Waals surface area contributed by atoms with Crippen molar-refractivity contribution in [2.24, 2.45) is 5.73 Å². The number of rotatable bonds is 7. The summed E-state index contributed by atoms with van der Waals surface area (Å²) in [6, 6.07) is 3.69. The van der Waals surface area contributed by atoms with E-state index in [1.807, 2.05) is 0 Å². The molecule has 21 heavy (non-hydrogen) atoms. The summed E-state index contributed by atoms with van der Waals surface area (Å²) in [6.45, 7) is 0.246. The van der Waals surface area contributed by atoms with Crippen molar-refractivity contribution in [3.63, 3.8) is 0 Å². The molecule has 0 saturated heterocycles. The van der Waals surface area contributed by atoms with Gasteiger partial charge in [-0.2, -0.15) is 0 Å². The molecule has 8 nitrogen and oxygen atoms in total. The maximum atomic E-state index is 11.6. The first kappa shape index (κ1) is 19.1. The van der Waals surface area contributed by atoms with Gasteiger partial charge in [-0.3, -0.25) is 14.9 Å². The SMILES string of the molecule is COCC(N)C(=O)NCc1ccc(OC)c([N+](=O)[O-])c1.Cl. The Labute approximate surface area is 128 Å². The van der Waals surface area contributed by atoms with E-state index in [1.54, 1.807) is 6.07 Å². The molecule has 0 radical (unpaired) electrons. The van der Waals surface area contributed by atoms with Crippen LogP contribution in [0.2, 0.25) is 0 Å². The van der Waals surface area contributed by atoms with Gasteiger partial charge in [0, 0.05) is 19.7 Å². The van der Waals surface area contributed by atoms with E-state index < -0.39 is 11.0 Å². The van der Waals surface area contributed by atoms with Crippen LogP contribution >= 0.6 is 12.4 Å². The van der Waals surface area contributed by atoms with Crippen molar-refractivity contribution in [3.05, 3.63) is 33.9 Å². The third kappa shape index (κ3) is 5.54. The largest absolute Gasteiger partial charge is 0.490 e. The molecule has 0 aromatic heterocycles. The Kier molecular flexibility index (Phi) is 8.29. The molecule has 1 atom stereocenters. The molecule has 0 saturated carbocycles. The minimum absolute atomic E-state index is 0. The number of nitro groups is 1. The van der Waals surface area contributed by atoms with Crippen molar-refractivity contribution < 1.29 is 19.2 Å². The molecule has 0 spiro atoms. The number of ether oxygens (including phenoxy) is 2. The highest BCUT2D eigenvalue weighted by Gasteiger charge is 2.16. The number of carbonyl (C=O) groups is 1. The van der Waals surface area contributed by atoms with Gasteiger partial charge < -0.3 is 20.5 Å². The molecule has 1 amide bonds. The molecule has 1 rings (SSSR count). The van der Waals surface area contributed by atoms with Crippen LogP contribution < -0.4 is 15.8 Å². The standard InChI is InChI=1S/C12H17N3O5.ClH/c1-19-7-9(13)12(16)14-6-8-3-4-11(20-2)10(5-8)15(17)18;/h3-5,9H,6-7,13H2,1-2H3,(H,14,16);1H. The fourth-order valence-electron chi connectivity index (χ4n) is 1.56. The van der Waals surface area contributed by atoms with Gasteiger partial charge in [0.05, 0.1) is 18.6 Å². The summed E-state index contributed by atoms with van der Waals surface area (Å²) in [6.07, 6.45) is 0. The number of carbonyl (C=O) groups excluding carboxylic acids is 1. The Hall–Kier alpha value is -1.90. The van der Waals surface area contributed by atoms with E-state index in [4.69, 9.17) is 15.2 Å². The Morgan fingerprint density at radius 2 is 2.14 bits per heavy atom. The molecular weight excluding hydrogens is 302 g/mol. The third-order valence-electron chi connectivity index (χ3n) is 2.59. The Bertz CT molecular complexity index is 498. The molecular formula is C12H18ClN3O5. The van der Waals surface area contributed by atoms with E-state index in [0.29, 0.717) is 5.56 Å². The predicted octanol–water partition coefficient (Wildman–Crippen LogP) is 0.615. The van der Waals surface area contributed by atoms with Crippen LogP contribution in [0.4, 0.5) is 5.69 Å². The fraction of sp³-hybridized carbons (Fsp3) is 0.417. The van der Waals surface area contributed by atoms with Crippen molar-refractivity contribution in [3.8, 4) is 5.75 Å². The molecule has 118 valence electrons. The Morgan fingerprint density at radius 1 is 1.48 bits per heavy atom. The maximum Gasteiger partial charge on any atom is 0.311 e. The molecule has 1 aromatic carbocycles. The Balaban J connectivity index is 0.00000400. The molecule has 0 aliphatic heterocycles. The number of methoxy groups -OCH3 is 2. The minimum atomic E-state index is -0.770. The van der Waals surface area contributed by atoms with Crippen LogP contribution in [-0.2, 0) is 16.1 Å². The van der Waals surface area contributed by atoms with E-state index in [-0.39, 0.29) is 42.9 Å². The molecule has 3 N–H and O–H groups in total. The smallest absolute Gasteiger partial charge is 0.311 e. The number of nitrogens with one attached hydrogen (secondary N) is 1. The molecule has 0 bridgehead atoms. The lowest BCUT2D eigenvalue weighted by Gasteiger charge is -2.11. The number of amides is 1. The van der Waals surface area contributed by atoms with Crippen LogP contribution in [0.15, 0.2) is 18.2 Å². The van der Waals surface area contributed by atoms with Gasteiger partial charge in [0.1, 0.15) is 6.04 Å². The van der Waals surface area contributed by atoms with Crippen LogP contribution in [0.25, 0.3) is 0 Å². The molecule has 1 unspecified atom stereocenters. The first-order valence-corrected chi connectivity index (χ1v) is 5.83. The number of nitrogens with zero attached hydrogens (tertiary/aromatic N) is 1. The second kappa shape index (κ2) is 9.11. The molecule has 9 heteroatoms. The van der Waals surface area contributed by atoms with Gasteiger partial charge in [0.25, 0.3) is 0 Å². The van der Waals surface area contributed by atoms with E-state index in [9.17, 15) is 14.9 Å². The van der Waals surface area contributed by atoms with Crippen LogP contribution in [0, 0.1) is 10.1 Å². The molecule has 0 aliphatic carbocycles. The molecule has 0 aliphatic rings. The van der Waals surface area contributed by atoms with Crippen LogP contribution in [0.3, 0.4) is 0 Å². The van der Waals surface area contributed by atoms with Gasteiger partial charge in [0.15, 0.2) is 5.75 Å². The highest BCUT2D eigenvalue weighted by atomic mass is 35.5. The van der Waals surface area contributed by atoms with E-state index in [2.05, 4.69) is 5.32 Å². The highest BCUT2D eigenvalue weighted by Crippen LogP contribution is 2.27. The number of nitro benzene ring substituents is 1. The van der Waals surface area contributed by atoms with Gasteiger partial charge in [0.2, 0.25) is 5.91 Å². The molecule has 1 aromatic rings. The van der Waals surface area contributed by atoms with Gasteiger partial charge in [-0.1, -0.05) is 6.07 Å². The summed E-state index contributed by atoms with van der Waals surface area (Å²) < 4.78 is 9.66. The quantitative estimate of drug-likeness (QED) is 0.562. The van der Waals surface area contributed by atoms with Crippen LogP contribution in [0.5, 0.6) is 5.75 Å². The van der Waals surface area contributed by atoms with Crippen LogP contribution in [0.1, 0.15) is 5.56 Å². The zero-order valence-corrected chi connectivity index (χ0v) is 12.5. The number of hydrogen-bond donors (Lipinski definition) is 2. The average Bonchev–Trinajstić information content (AvgIpc) is 2.44. The topological polar surface area (TPSA) is 117 Å². The van der Waals surface area contributed by atoms with Crippen molar-refractivity contribution in [2.75, 3.05) is 20.8 Å². The fourth-order valence-corrected chi connectivity index (χ4v) is 1.56. The first-order valence-electron chi connectivity index (χ1n) is 5.83. The van der Waals surface area contributed by atoms with Gasteiger partial charge in [-0.15, -0.1) is 12.4 Å². The van der Waals surface area contributed by atoms with Crippen molar-refractivity contribution >= 4 is 24.0 Å². The number of hydrogen-bond acceptors (Lipinski definition) is 6. The number of nitrogens with two attached hydrogens (primary N) is 1. The van der Waals surface area contributed by atoms with Gasteiger partial charge >= 0.3 is 5.69 Å². The molecule has 0 fully saturated rings. The lowest BCUT2D eigenvalue weighted by Crippen LogP contribution is -2.43. The van der Waals surface area contributed by atoms with E-state index in [0.717, 1.165) is 0 Å². The summed E-state index contributed by atoms with van der Waals surface area (Å²) in [5.74, 6) is -0.216. The lowest BCUT2D eigenvalue weighted by atomic mass is 10.2. The minimum Gasteiger partial charge on any atom is -0.490 e. The van der Waals surface area contributed by atoms with E-state index >= 15 is 0 Å². The average molecular weight is 320 g/mol. The second-order valence-corrected chi connectivity index (χ2v) is 4.04. The monoisotopic (exact) mass is 319 g/mol. The van der Waals surface area contributed by atoms with Crippen molar-refractivity contribution in [1.82, 2.24) is 5.32 Å². The number of halogens is 1. The third-order valence-corrected chi connectivity index (χ3v) is 2.59. The van der Waals surface area contributed by atoms with E-state index in [1.165, 1.54) is 26.4 Å². The summed E-state index contributed by atoms with van der Waals surface area (Å²) in [4.78, 5) is 21.9. The zero-order valence-electron chi connectivity index (χ0n) is 11.7. The van der Waals surface area contributed by atoms with Gasteiger partial charge in [-0.25, -0.2) is 0 Å².